The highest BCUT2D eigenvalue weighted by atomic mass is 35.5. The molecule has 3 heterocycles. The quantitative estimate of drug-likeness (QED) is 0.797. The van der Waals surface area contributed by atoms with Crippen LogP contribution in [0.15, 0.2) is 30.5 Å². The molecule has 7 nitrogen and oxygen atoms in total. The molecular formula is C21H29ClN4O3. The largest absolute Gasteiger partial charge is 0.465 e. The fourth-order valence-electron chi connectivity index (χ4n) is 4.66. The lowest BCUT2D eigenvalue weighted by Gasteiger charge is -2.46. The number of para-hydroxylation sites is 1. The van der Waals surface area contributed by atoms with Crippen molar-refractivity contribution in [2.24, 2.45) is 0 Å². The van der Waals surface area contributed by atoms with E-state index < -0.39 is 6.09 Å². The van der Waals surface area contributed by atoms with Gasteiger partial charge in [-0.25, -0.2) is 4.79 Å². The summed E-state index contributed by atoms with van der Waals surface area (Å²) in [6, 6.07) is 7.67. The molecule has 0 unspecified atom stereocenters. The number of nitrogens with one attached hydrogen (secondary N) is 1. The van der Waals surface area contributed by atoms with Crippen molar-refractivity contribution in [3.05, 3.63) is 36.0 Å². The molecule has 0 aliphatic carbocycles. The van der Waals surface area contributed by atoms with Crippen molar-refractivity contribution in [2.75, 3.05) is 32.7 Å². The van der Waals surface area contributed by atoms with Crippen LogP contribution in [0.1, 0.15) is 25.3 Å². The van der Waals surface area contributed by atoms with E-state index in [0.717, 1.165) is 36.1 Å². The number of fused-ring (bicyclic) bond motifs is 1. The molecule has 8 heteroatoms. The van der Waals surface area contributed by atoms with Gasteiger partial charge < -0.3 is 24.8 Å². The van der Waals surface area contributed by atoms with Gasteiger partial charge in [-0.2, -0.15) is 0 Å². The van der Waals surface area contributed by atoms with Crippen LogP contribution in [-0.2, 0) is 11.2 Å². The fraction of sp³-hybridized carbons (Fsp3) is 0.524. The molecular weight excluding hydrogens is 392 g/mol. The Labute approximate surface area is 177 Å². The van der Waals surface area contributed by atoms with Crippen molar-refractivity contribution in [1.29, 1.82) is 0 Å². The highest BCUT2D eigenvalue weighted by Crippen LogP contribution is 2.24. The highest BCUT2D eigenvalue weighted by molar-refractivity contribution is 5.89. The van der Waals surface area contributed by atoms with Crippen molar-refractivity contribution in [3.8, 4) is 0 Å². The molecule has 29 heavy (non-hydrogen) atoms. The normalized spacial score (nSPS) is 22.7. The molecule has 0 bridgehead atoms. The summed E-state index contributed by atoms with van der Waals surface area (Å²) < 4.78 is 0. The van der Waals surface area contributed by atoms with Crippen LogP contribution in [0.25, 0.3) is 10.9 Å². The van der Waals surface area contributed by atoms with Crippen molar-refractivity contribution in [3.63, 3.8) is 0 Å². The molecule has 2 aromatic rings. The lowest BCUT2D eigenvalue weighted by molar-refractivity contribution is -0.137. The van der Waals surface area contributed by atoms with E-state index in [9.17, 15) is 14.7 Å². The predicted octanol–water partition coefficient (Wildman–Crippen LogP) is 2.81. The third kappa shape index (κ3) is 4.36. The van der Waals surface area contributed by atoms with Gasteiger partial charge in [-0.3, -0.25) is 4.79 Å². The molecule has 0 saturated carbocycles. The Morgan fingerprint density at radius 3 is 2.52 bits per heavy atom. The molecule has 2 aliphatic heterocycles. The van der Waals surface area contributed by atoms with E-state index in [1.54, 1.807) is 0 Å². The van der Waals surface area contributed by atoms with Gasteiger partial charge in [0.2, 0.25) is 5.91 Å². The van der Waals surface area contributed by atoms with Gasteiger partial charge >= 0.3 is 6.09 Å². The number of likely N-dealkylation sites (tertiary alicyclic amines) is 1. The van der Waals surface area contributed by atoms with E-state index in [-0.39, 0.29) is 30.4 Å². The van der Waals surface area contributed by atoms with E-state index in [2.05, 4.69) is 9.88 Å². The number of piperazine rings is 1. The summed E-state index contributed by atoms with van der Waals surface area (Å²) in [5.41, 5.74) is 2.02. The number of carbonyl (C=O) groups is 2. The first kappa shape index (κ1) is 21.5. The third-order valence-electron chi connectivity index (χ3n) is 6.26. The SMILES string of the molecule is C[C@@H]1[C@H](CN2CCCC2)N(C(=O)Cc2c[nH]c3ccccc23)CCN1C(=O)O.Cl. The monoisotopic (exact) mass is 420 g/mol. The summed E-state index contributed by atoms with van der Waals surface area (Å²) in [7, 11) is 0. The Balaban J connectivity index is 0.00000240. The lowest BCUT2D eigenvalue weighted by Crippen LogP contribution is -2.64. The van der Waals surface area contributed by atoms with Crippen molar-refractivity contribution in [2.45, 2.75) is 38.3 Å². The number of rotatable bonds is 4. The predicted molar refractivity (Wildman–Crippen MR) is 115 cm³/mol. The number of hydrogen-bond donors (Lipinski definition) is 2. The molecule has 158 valence electrons. The molecule has 0 spiro atoms. The van der Waals surface area contributed by atoms with E-state index >= 15 is 0 Å². The number of carboxylic acid groups (broad SMARTS) is 1. The van der Waals surface area contributed by atoms with Gasteiger partial charge in [-0.05, 0) is 44.5 Å². The van der Waals surface area contributed by atoms with E-state index in [1.807, 2.05) is 42.3 Å². The summed E-state index contributed by atoms with van der Waals surface area (Å²) in [5.74, 6) is 0.0749. The molecule has 2 fully saturated rings. The van der Waals surface area contributed by atoms with E-state index in [1.165, 1.54) is 17.7 Å². The minimum atomic E-state index is -0.900. The number of hydrogen-bond acceptors (Lipinski definition) is 3. The third-order valence-corrected chi connectivity index (χ3v) is 6.26. The van der Waals surface area contributed by atoms with Gasteiger partial charge in [0.05, 0.1) is 18.5 Å². The molecule has 1 aromatic carbocycles. The number of nitrogens with zero attached hydrogens (tertiary/aromatic N) is 3. The van der Waals surface area contributed by atoms with Gasteiger partial charge in [0.25, 0.3) is 0 Å². The Bertz CT molecular complexity index is 864. The zero-order valence-corrected chi connectivity index (χ0v) is 17.5. The summed E-state index contributed by atoms with van der Waals surface area (Å²) >= 11 is 0. The molecule has 2 saturated heterocycles. The maximum Gasteiger partial charge on any atom is 0.407 e. The van der Waals surface area contributed by atoms with Crippen LogP contribution in [0, 0.1) is 0 Å². The van der Waals surface area contributed by atoms with Gasteiger partial charge in [0.15, 0.2) is 0 Å². The molecule has 0 radical (unpaired) electrons. The summed E-state index contributed by atoms with van der Waals surface area (Å²) in [5, 5.41) is 10.6. The number of halogens is 1. The minimum absolute atomic E-state index is 0. The lowest BCUT2D eigenvalue weighted by atomic mass is 10.0. The van der Waals surface area contributed by atoms with E-state index in [0.29, 0.717) is 19.5 Å². The summed E-state index contributed by atoms with van der Waals surface area (Å²) in [6.07, 6.45) is 3.69. The minimum Gasteiger partial charge on any atom is -0.465 e. The average Bonchev–Trinajstić information content (AvgIpc) is 3.33. The van der Waals surface area contributed by atoms with Gasteiger partial charge in [-0.1, -0.05) is 18.2 Å². The number of aromatic amines is 1. The van der Waals surface area contributed by atoms with Crippen LogP contribution < -0.4 is 0 Å². The zero-order valence-electron chi connectivity index (χ0n) is 16.7. The van der Waals surface area contributed by atoms with Crippen LogP contribution in [0.4, 0.5) is 4.79 Å². The van der Waals surface area contributed by atoms with Crippen molar-refractivity contribution < 1.29 is 14.7 Å². The Hall–Kier alpha value is -2.25. The van der Waals surface area contributed by atoms with Gasteiger partial charge in [0.1, 0.15) is 0 Å². The number of aromatic nitrogens is 1. The van der Waals surface area contributed by atoms with Gasteiger partial charge in [0, 0.05) is 36.7 Å². The molecule has 4 rings (SSSR count). The Morgan fingerprint density at radius 2 is 1.79 bits per heavy atom. The van der Waals surface area contributed by atoms with Crippen LogP contribution in [0.2, 0.25) is 0 Å². The first-order valence-corrected chi connectivity index (χ1v) is 10.1. The smallest absolute Gasteiger partial charge is 0.407 e. The first-order valence-electron chi connectivity index (χ1n) is 10.1. The first-order chi connectivity index (χ1) is 13.5. The second kappa shape index (κ2) is 9.05. The Morgan fingerprint density at radius 1 is 1.10 bits per heavy atom. The van der Waals surface area contributed by atoms with Gasteiger partial charge in [-0.15, -0.1) is 12.4 Å². The highest BCUT2D eigenvalue weighted by Gasteiger charge is 2.39. The average molecular weight is 421 g/mol. The topological polar surface area (TPSA) is 79.9 Å². The molecule has 2 aliphatic rings. The summed E-state index contributed by atoms with van der Waals surface area (Å²) in [6.45, 7) is 5.55. The maximum atomic E-state index is 13.2. The van der Waals surface area contributed by atoms with Crippen LogP contribution in [0.3, 0.4) is 0 Å². The second-order valence-electron chi connectivity index (χ2n) is 7.92. The van der Waals surface area contributed by atoms with Crippen molar-refractivity contribution in [1.82, 2.24) is 19.7 Å². The zero-order chi connectivity index (χ0) is 19.7. The van der Waals surface area contributed by atoms with Crippen molar-refractivity contribution >= 4 is 35.3 Å². The second-order valence-corrected chi connectivity index (χ2v) is 7.92. The van der Waals surface area contributed by atoms with Crippen LogP contribution >= 0.6 is 12.4 Å². The molecule has 2 amide bonds. The summed E-state index contributed by atoms with van der Waals surface area (Å²) in [4.78, 5) is 33.9. The van der Waals surface area contributed by atoms with Crippen LogP contribution in [0.5, 0.6) is 0 Å². The number of amides is 2. The fourth-order valence-corrected chi connectivity index (χ4v) is 4.66. The number of H-pyrrole nitrogens is 1. The van der Waals surface area contributed by atoms with E-state index in [4.69, 9.17) is 0 Å². The molecule has 2 N–H and O–H groups in total. The number of carbonyl (C=O) groups excluding carboxylic acids is 1. The van der Waals surface area contributed by atoms with Crippen LogP contribution in [-0.4, -0.2) is 81.6 Å². The Kier molecular flexibility index (Phi) is 6.70. The number of benzene rings is 1. The standard InChI is InChI=1S/C21H28N4O3.ClH/c1-15-19(14-23-8-4-5-9-23)25(11-10-24(15)21(27)28)20(26)12-16-13-22-18-7-3-2-6-17(16)18;/h2-3,6-7,13,15,19,22H,4-5,8-12,14H2,1H3,(H,27,28);1H/t15-,19+;/m1./s1. The maximum absolute atomic E-state index is 13.2. The molecule has 1 aromatic heterocycles. The molecule has 2 atom stereocenters.